The molecule has 1 N–H and O–H groups in total. The van der Waals surface area contributed by atoms with Gasteiger partial charge in [-0.15, -0.1) is 0 Å². The molecule has 1 saturated heterocycles. The highest BCUT2D eigenvalue weighted by Crippen LogP contribution is 2.17. The van der Waals surface area contributed by atoms with Gasteiger partial charge in [0.05, 0.1) is 30.2 Å². The second-order valence-electron chi connectivity index (χ2n) is 6.31. The Bertz CT molecular complexity index is 893. The van der Waals surface area contributed by atoms with Crippen molar-refractivity contribution in [2.45, 2.75) is 25.5 Å². The van der Waals surface area contributed by atoms with Crippen LogP contribution in [0.1, 0.15) is 28.9 Å². The third-order valence-corrected chi connectivity index (χ3v) is 4.44. The molecule has 1 unspecified atom stereocenters. The summed E-state index contributed by atoms with van der Waals surface area (Å²) in [5.41, 5.74) is 2.83. The van der Waals surface area contributed by atoms with E-state index < -0.39 is 6.10 Å². The largest absolute Gasteiger partial charge is 0.391 e. The number of amides is 1. The van der Waals surface area contributed by atoms with Gasteiger partial charge in [-0.1, -0.05) is 6.07 Å². The zero-order chi connectivity index (χ0) is 17.2. The normalized spacial score (nSPS) is 17.8. The lowest BCUT2D eigenvalue weighted by molar-refractivity contribution is 0.0473. The number of likely N-dealkylation sites (tertiary alicyclic amines) is 1. The maximum atomic E-state index is 12.6. The smallest absolute Gasteiger partial charge is 0.255 e. The van der Waals surface area contributed by atoms with Crippen LogP contribution in [0.5, 0.6) is 0 Å². The number of hydrogen-bond acceptors (Lipinski definition) is 5. The van der Waals surface area contributed by atoms with E-state index >= 15 is 0 Å². The molecule has 0 saturated carbocycles. The molecular formula is C18H19N5O2. The average molecular weight is 337 g/mol. The summed E-state index contributed by atoms with van der Waals surface area (Å²) in [6.07, 6.45) is 6.19. The van der Waals surface area contributed by atoms with Gasteiger partial charge in [0.1, 0.15) is 5.52 Å². The number of hydrogen-bond donors (Lipinski definition) is 1. The number of aromatic nitrogens is 4. The summed E-state index contributed by atoms with van der Waals surface area (Å²) in [4.78, 5) is 27.4. The van der Waals surface area contributed by atoms with Crippen molar-refractivity contribution in [3.8, 4) is 0 Å². The van der Waals surface area contributed by atoms with Crippen molar-refractivity contribution in [2.75, 3.05) is 13.1 Å². The van der Waals surface area contributed by atoms with Crippen molar-refractivity contribution in [2.24, 2.45) is 0 Å². The highest BCUT2D eigenvalue weighted by Gasteiger charge is 2.23. The molecule has 7 heteroatoms. The van der Waals surface area contributed by atoms with Crippen LogP contribution in [0.3, 0.4) is 0 Å². The van der Waals surface area contributed by atoms with E-state index in [0.717, 1.165) is 24.2 Å². The zero-order valence-corrected chi connectivity index (χ0v) is 13.7. The van der Waals surface area contributed by atoms with Gasteiger partial charge < -0.3 is 14.6 Å². The highest BCUT2D eigenvalue weighted by molar-refractivity contribution is 5.96. The van der Waals surface area contributed by atoms with Crippen molar-refractivity contribution in [3.63, 3.8) is 0 Å². The zero-order valence-electron chi connectivity index (χ0n) is 13.7. The number of pyridine rings is 2. The van der Waals surface area contributed by atoms with E-state index in [2.05, 4.69) is 15.0 Å². The van der Waals surface area contributed by atoms with E-state index in [1.165, 1.54) is 0 Å². The van der Waals surface area contributed by atoms with E-state index in [-0.39, 0.29) is 5.91 Å². The van der Waals surface area contributed by atoms with Crippen molar-refractivity contribution in [3.05, 3.63) is 54.2 Å². The van der Waals surface area contributed by atoms with Gasteiger partial charge in [-0.05, 0) is 31.0 Å². The first-order valence-electron chi connectivity index (χ1n) is 8.39. The molecule has 0 spiro atoms. The Morgan fingerprint density at radius 1 is 1.28 bits per heavy atom. The molecular weight excluding hydrogens is 318 g/mol. The molecule has 3 aromatic rings. The summed E-state index contributed by atoms with van der Waals surface area (Å²) in [5, 5.41) is 9.76. The fraction of sp³-hybridized carbons (Fsp3) is 0.333. The maximum Gasteiger partial charge on any atom is 0.255 e. The van der Waals surface area contributed by atoms with E-state index in [4.69, 9.17) is 0 Å². The van der Waals surface area contributed by atoms with E-state index in [1.54, 1.807) is 29.7 Å². The third-order valence-electron chi connectivity index (χ3n) is 4.44. The van der Waals surface area contributed by atoms with Crippen molar-refractivity contribution in [1.82, 2.24) is 24.4 Å². The van der Waals surface area contributed by atoms with Crippen LogP contribution in [0.4, 0.5) is 0 Å². The molecule has 0 radical (unpaired) electrons. The topological polar surface area (TPSA) is 84.1 Å². The Kier molecular flexibility index (Phi) is 4.15. The van der Waals surface area contributed by atoms with Crippen molar-refractivity contribution < 1.29 is 9.90 Å². The number of imidazole rings is 1. The predicted octanol–water partition coefficient (Wildman–Crippen LogP) is 1.47. The molecule has 1 aliphatic rings. The predicted molar refractivity (Wildman–Crippen MR) is 92.0 cm³/mol. The first-order chi connectivity index (χ1) is 12.2. The quantitative estimate of drug-likeness (QED) is 0.782. The van der Waals surface area contributed by atoms with Gasteiger partial charge in [0.2, 0.25) is 0 Å². The molecule has 0 aliphatic carbocycles. The molecule has 128 valence electrons. The van der Waals surface area contributed by atoms with Crippen LogP contribution < -0.4 is 0 Å². The van der Waals surface area contributed by atoms with Gasteiger partial charge in [-0.25, -0.2) is 9.97 Å². The lowest BCUT2D eigenvalue weighted by atomic mass is 10.1. The lowest BCUT2D eigenvalue weighted by Gasteiger charge is -2.30. The van der Waals surface area contributed by atoms with Gasteiger partial charge in [0, 0.05) is 25.5 Å². The van der Waals surface area contributed by atoms with Crippen LogP contribution in [-0.4, -0.2) is 54.6 Å². The fourth-order valence-electron chi connectivity index (χ4n) is 3.17. The lowest BCUT2D eigenvalue weighted by Crippen LogP contribution is -2.42. The van der Waals surface area contributed by atoms with Gasteiger partial charge in [0.25, 0.3) is 5.91 Å². The van der Waals surface area contributed by atoms with Crippen LogP contribution in [0.15, 0.2) is 43.0 Å². The van der Waals surface area contributed by atoms with Gasteiger partial charge >= 0.3 is 0 Å². The first-order valence-corrected chi connectivity index (χ1v) is 8.39. The Hall–Kier alpha value is -2.80. The number of carbonyl (C=O) groups is 1. The number of piperidine rings is 1. The molecule has 3 aromatic heterocycles. The Balaban J connectivity index is 1.58. The summed E-state index contributed by atoms with van der Waals surface area (Å²) in [7, 11) is 0. The summed E-state index contributed by atoms with van der Waals surface area (Å²) in [6, 6.07) is 7.54. The van der Waals surface area contributed by atoms with E-state index in [0.29, 0.717) is 30.7 Å². The molecule has 1 fully saturated rings. The van der Waals surface area contributed by atoms with Crippen LogP contribution >= 0.6 is 0 Å². The van der Waals surface area contributed by atoms with Crippen LogP contribution in [0.25, 0.3) is 11.2 Å². The van der Waals surface area contributed by atoms with Crippen LogP contribution in [0, 0.1) is 0 Å². The van der Waals surface area contributed by atoms with Gasteiger partial charge in [-0.3, -0.25) is 9.78 Å². The van der Waals surface area contributed by atoms with E-state index in [1.807, 2.05) is 22.8 Å². The Morgan fingerprint density at radius 2 is 2.20 bits per heavy atom. The average Bonchev–Trinajstić information content (AvgIpc) is 3.04. The minimum absolute atomic E-state index is 0.104. The van der Waals surface area contributed by atoms with Gasteiger partial charge in [-0.2, -0.15) is 0 Å². The molecule has 25 heavy (non-hydrogen) atoms. The first kappa shape index (κ1) is 15.7. The Morgan fingerprint density at radius 3 is 3.00 bits per heavy atom. The number of nitrogens with zero attached hydrogens (tertiary/aromatic N) is 5. The molecule has 1 amide bonds. The fourth-order valence-corrected chi connectivity index (χ4v) is 3.17. The summed E-state index contributed by atoms with van der Waals surface area (Å²) in [6.45, 7) is 1.63. The van der Waals surface area contributed by atoms with Crippen molar-refractivity contribution in [1.29, 1.82) is 0 Å². The molecule has 0 aromatic carbocycles. The molecule has 1 aliphatic heterocycles. The number of rotatable bonds is 3. The number of fused-ring (bicyclic) bond motifs is 1. The number of aliphatic hydroxyl groups excluding tert-OH is 1. The summed E-state index contributed by atoms with van der Waals surface area (Å²) >= 11 is 0. The minimum Gasteiger partial charge on any atom is -0.391 e. The van der Waals surface area contributed by atoms with Crippen LogP contribution in [-0.2, 0) is 6.54 Å². The second kappa shape index (κ2) is 6.60. The third kappa shape index (κ3) is 3.23. The summed E-state index contributed by atoms with van der Waals surface area (Å²) < 4.78 is 1.91. The molecule has 1 atom stereocenters. The molecule has 0 bridgehead atoms. The molecule has 7 nitrogen and oxygen atoms in total. The second-order valence-corrected chi connectivity index (χ2v) is 6.31. The Labute approximate surface area is 145 Å². The maximum absolute atomic E-state index is 12.6. The molecule has 4 rings (SSSR count). The standard InChI is InChI=1S/C18H19N5O2/c24-15-5-3-7-22(11-15)18(25)13-8-16-17(20-9-13)23(12-21-16)10-14-4-1-2-6-19-14/h1-2,4,6,8-9,12,15,24H,3,5,7,10-11H2. The summed E-state index contributed by atoms with van der Waals surface area (Å²) in [5.74, 6) is -0.104. The van der Waals surface area contributed by atoms with Crippen molar-refractivity contribution >= 4 is 17.1 Å². The van der Waals surface area contributed by atoms with E-state index in [9.17, 15) is 9.90 Å². The van der Waals surface area contributed by atoms with Gasteiger partial charge in [0.15, 0.2) is 5.65 Å². The van der Waals surface area contributed by atoms with Crippen LogP contribution in [0.2, 0.25) is 0 Å². The SMILES string of the molecule is O=C(c1cnc2c(c1)ncn2Cc1ccccn1)N1CCCC(O)C1. The number of carbonyl (C=O) groups excluding carboxylic acids is 1. The monoisotopic (exact) mass is 337 g/mol. The molecule has 4 heterocycles. The number of β-amino-alcohol motifs (C(OH)–C–C–N with tert-alkyl or cyclic N) is 1. The highest BCUT2D eigenvalue weighted by atomic mass is 16.3. The number of aliphatic hydroxyl groups is 1. The minimum atomic E-state index is -0.438.